The van der Waals surface area contributed by atoms with Gasteiger partial charge in [-0.2, -0.15) is 0 Å². The quantitative estimate of drug-likeness (QED) is 0.574. The highest BCUT2D eigenvalue weighted by Gasteiger charge is 2.43. The number of rotatable bonds is 4. The molecule has 0 radical (unpaired) electrons. The molecule has 2 aliphatic rings. The van der Waals surface area contributed by atoms with Gasteiger partial charge in [-0.15, -0.1) is 8.58 Å². The molecule has 3 heteroatoms. The van der Waals surface area contributed by atoms with Gasteiger partial charge in [0.2, 0.25) is 0 Å². The van der Waals surface area contributed by atoms with E-state index in [0.29, 0.717) is 0 Å². The maximum absolute atomic E-state index is 11.8. The van der Waals surface area contributed by atoms with Crippen molar-refractivity contribution in [2.24, 2.45) is 5.41 Å². The molecule has 0 saturated heterocycles. The van der Waals surface area contributed by atoms with Crippen molar-refractivity contribution in [3.05, 3.63) is 0 Å². The Labute approximate surface area is 118 Å². The Morgan fingerprint density at radius 1 is 0.842 bits per heavy atom. The minimum absolute atomic E-state index is 0.0967. The Morgan fingerprint density at radius 2 is 1.32 bits per heavy atom. The van der Waals surface area contributed by atoms with Crippen molar-refractivity contribution >= 4 is 20.1 Å². The van der Waals surface area contributed by atoms with E-state index >= 15 is 0 Å². The standard InChI is InChI=1S/C16H27O2P/c1-12(17)16(13(2)18)10-8-15(9-11-16)19-14-6-4-3-5-7-14/h14-15,19H,3-11H2,1-2H3. The number of Topliss-reactive ketones (excluding diaryl/α,β-unsaturated/α-hetero) is 2. The molecule has 2 nitrogen and oxygen atoms in total. The summed E-state index contributed by atoms with van der Waals surface area (Å²) in [5.74, 6) is 0.193. The Morgan fingerprint density at radius 3 is 1.79 bits per heavy atom. The summed E-state index contributed by atoms with van der Waals surface area (Å²) in [6.45, 7) is 3.20. The molecule has 2 saturated carbocycles. The highest BCUT2D eigenvalue weighted by molar-refractivity contribution is 7.39. The van der Waals surface area contributed by atoms with E-state index in [9.17, 15) is 9.59 Å². The van der Waals surface area contributed by atoms with E-state index in [4.69, 9.17) is 0 Å². The SMILES string of the molecule is CC(=O)C1(C(C)=O)CCC(PC2CCCCC2)CC1. The Balaban J connectivity index is 1.87. The fourth-order valence-corrected chi connectivity index (χ4v) is 5.86. The van der Waals surface area contributed by atoms with Crippen LogP contribution in [0.2, 0.25) is 0 Å². The Bertz CT molecular complexity index is 321. The maximum Gasteiger partial charge on any atom is 0.143 e. The molecule has 0 aromatic carbocycles. The summed E-state index contributed by atoms with van der Waals surface area (Å²) in [5.41, 5.74) is 1.11. The third-order valence-corrected chi connectivity index (χ3v) is 7.36. The summed E-state index contributed by atoms with van der Waals surface area (Å²) in [4.78, 5) is 23.7. The first-order chi connectivity index (χ1) is 9.04. The lowest BCUT2D eigenvalue weighted by molar-refractivity contribution is -0.140. The molecule has 0 bridgehead atoms. The monoisotopic (exact) mass is 282 g/mol. The van der Waals surface area contributed by atoms with Gasteiger partial charge in [0.1, 0.15) is 11.6 Å². The van der Waals surface area contributed by atoms with Gasteiger partial charge in [0.15, 0.2) is 0 Å². The third-order valence-electron chi connectivity index (χ3n) is 5.26. The largest absolute Gasteiger partial charge is 0.299 e. The van der Waals surface area contributed by atoms with Gasteiger partial charge in [-0.05, 0) is 63.7 Å². The van der Waals surface area contributed by atoms with Crippen molar-refractivity contribution in [3.8, 4) is 0 Å². The molecule has 1 atom stereocenters. The zero-order chi connectivity index (χ0) is 13.9. The molecule has 0 spiro atoms. The lowest BCUT2D eigenvalue weighted by Gasteiger charge is -2.38. The molecular formula is C16H27O2P. The van der Waals surface area contributed by atoms with Crippen LogP contribution in [0.25, 0.3) is 0 Å². The average molecular weight is 282 g/mol. The minimum Gasteiger partial charge on any atom is -0.299 e. The van der Waals surface area contributed by atoms with Crippen LogP contribution in [-0.4, -0.2) is 22.9 Å². The highest BCUT2D eigenvalue weighted by Crippen LogP contribution is 2.47. The van der Waals surface area contributed by atoms with E-state index in [1.807, 2.05) is 0 Å². The van der Waals surface area contributed by atoms with Crippen LogP contribution in [0.15, 0.2) is 0 Å². The second kappa shape index (κ2) is 6.48. The van der Waals surface area contributed by atoms with Gasteiger partial charge in [-0.25, -0.2) is 0 Å². The van der Waals surface area contributed by atoms with Gasteiger partial charge < -0.3 is 0 Å². The molecule has 0 heterocycles. The molecule has 0 aromatic heterocycles. The molecule has 2 rings (SSSR count). The topological polar surface area (TPSA) is 34.1 Å². The summed E-state index contributed by atoms with van der Waals surface area (Å²) in [6.07, 6.45) is 10.9. The predicted octanol–water partition coefficient (Wildman–Crippen LogP) is 4.10. The van der Waals surface area contributed by atoms with Crippen molar-refractivity contribution in [2.75, 3.05) is 0 Å². The molecule has 1 unspecified atom stereocenters. The average Bonchev–Trinajstić information content (AvgIpc) is 2.40. The van der Waals surface area contributed by atoms with Crippen molar-refractivity contribution in [2.45, 2.75) is 83.0 Å². The van der Waals surface area contributed by atoms with E-state index in [2.05, 4.69) is 0 Å². The van der Waals surface area contributed by atoms with Crippen LogP contribution in [0.3, 0.4) is 0 Å². The van der Waals surface area contributed by atoms with Crippen molar-refractivity contribution in [1.82, 2.24) is 0 Å². The van der Waals surface area contributed by atoms with Crippen LogP contribution >= 0.6 is 8.58 Å². The summed E-state index contributed by atoms with van der Waals surface area (Å²) in [5, 5.41) is 0. The minimum atomic E-state index is -0.618. The van der Waals surface area contributed by atoms with Crippen LogP contribution in [0.1, 0.15) is 71.6 Å². The second-order valence-corrected chi connectivity index (χ2v) is 8.44. The second-order valence-electron chi connectivity index (χ2n) is 6.47. The number of hydrogen-bond acceptors (Lipinski definition) is 2. The fraction of sp³-hybridized carbons (Fsp3) is 0.875. The van der Waals surface area contributed by atoms with E-state index in [-0.39, 0.29) is 11.6 Å². The number of ketones is 2. The summed E-state index contributed by atoms with van der Waals surface area (Å²) >= 11 is 0. The Hall–Kier alpha value is -0.230. The molecule has 19 heavy (non-hydrogen) atoms. The number of carbonyl (C=O) groups is 2. The molecule has 0 aromatic rings. The first-order valence-corrected chi connectivity index (χ1v) is 8.98. The van der Waals surface area contributed by atoms with Crippen LogP contribution in [-0.2, 0) is 9.59 Å². The Kier molecular flexibility index (Phi) is 5.17. The normalized spacial score (nSPS) is 25.8. The van der Waals surface area contributed by atoms with Gasteiger partial charge >= 0.3 is 0 Å². The summed E-state index contributed by atoms with van der Waals surface area (Å²) < 4.78 is 0. The lowest BCUT2D eigenvalue weighted by atomic mass is 9.69. The predicted molar refractivity (Wildman–Crippen MR) is 81.2 cm³/mol. The third kappa shape index (κ3) is 3.45. The van der Waals surface area contributed by atoms with Gasteiger partial charge in [-0.1, -0.05) is 19.3 Å². The van der Waals surface area contributed by atoms with Gasteiger partial charge in [0.05, 0.1) is 5.41 Å². The van der Waals surface area contributed by atoms with Crippen molar-refractivity contribution in [3.63, 3.8) is 0 Å². The smallest absolute Gasteiger partial charge is 0.143 e. The lowest BCUT2D eigenvalue weighted by Crippen LogP contribution is -2.40. The van der Waals surface area contributed by atoms with Gasteiger partial charge in [0, 0.05) is 0 Å². The van der Waals surface area contributed by atoms with E-state index in [1.165, 1.54) is 32.1 Å². The van der Waals surface area contributed by atoms with Gasteiger partial charge in [0.25, 0.3) is 0 Å². The summed E-state index contributed by atoms with van der Waals surface area (Å²) in [6, 6.07) is 0. The zero-order valence-electron chi connectivity index (χ0n) is 12.3. The summed E-state index contributed by atoms with van der Waals surface area (Å²) in [7, 11) is 1.07. The van der Waals surface area contributed by atoms with E-state index < -0.39 is 5.41 Å². The molecule has 0 aliphatic heterocycles. The van der Waals surface area contributed by atoms with Gasteiger partial charge in [-0.3, -0.25) is 9.59 Å². The first-order valence-electron chi connectivity index (χ1n) is 7.83. The van der Waals surface area contributed by atoms with Crippen LogP contribution in [0.4, 0.5) is 0 Å². The maximum atomic E-state index is 11.8. The molecular weight excluding hydrogens is 255 g/mol. The molecule has 108 valence electrons. The van der Waals surface area contributed by atoms with Crippen molar-refractivity contribution < 1.29 is 9.59 Å². The van der Waals surface area contributed by atoms with E-state index in [1.54, 1.807) is 13.8 Å². The first kappa shape index (κ1) is 15.2. The molecule has 2 fully saturated rings. The number of carbonyl (C=O) groups excluding carboxylic acids is 2. The molecule has 2 aliphatic carbocycles. The highest BCUT2D eigenvalue weighted by atomic mass is 31.1. The van der Waals surface area contributed by atoms with Crippen LogP contribution in [0.5, 0.6) is 0 Å². The molecule has 0 N–H and O–H groups in total. The van der Waals surface area contributed by atoms with Crippen molar-refractivity contribution in [1.29, 1.82) is 0 Å². The number of hydrogen-bond donors (Lipinski definition) is 0. The molecule has 0 amide bonds. The fourth-order valence-electron chi connectivity index (χ4n) is 3.83. The van der Waals surface area contributed by atoms with Crippen LogP contribution < -0.4 is 0 Å². The van der Waals surface area contributed by atoms with Crippen LogP contribution in [0, 0.1) is 5.41 Å². The zero-order valence-corrected chi connectivity index (χ0v) is 13.3. The van der Waals surface area contributed by atoms with E-state index in [0.717, 1.165) is 45.6 Å².